The second kappa shape index (κ2) is 68.5. The first-order valence-corrected chi connectivity index (χ1v) is 41.7. The standard InChI is InChI=1S/C85H155NO13/c1-3-5-7-9-11-13-15-17-19-21-23-25-27-29-31-33-35-36-37-38-39-41-43-45-47-49-51-53-55-57-59-61-63-65-67-69-77(90)86-73(72-96-84-82(95)80(93)83(76(71-88)98-84)99-85-81(94)79(92)78(91)75(70-87)97-85)74(89)68-66-64-62-60-58-56-54-52-50-48-46-44-42-40-34-32-30-28-26-24-22-20-18-16-14-12-10-8-6-4-2/h5,7,11,13,17,19,23,25,29,31,66,68,73-76,78-85,87-89,91-95H,3-4,6,8-10,12,14-16,18,20-22,24,26-28,30,32-65,67,69-72H2,1-2H3,(H,86,90)/b7-5-,13-11-,19-17-,25-23-,31-29-,68-66+. The molecule has 0 aliphatic carbocycles. The normalized spacial score (nSPS) is 22.3. The minimum atomic E-state index is -1.79. The van der Waals surface area contributed by atoms with E-state index in [1.54, 1.807) is 6.08 Å². The Balaban J connectivity index is 1.60. The van der Waals surface area contributed by atoms with E-state index in [4.69, 9.17) is 18.9 Å². The van der Waals surface area contributed by atoms with Crippen LogP contribution in [0.15, 0.2) is 72.9 Å². The highest BCUT2D eigenvalue weighted by Gasteiger charge is 2.51. The van der Waals surface area contributed by atoms with Gasteiger partial charge in [0.15, 0.2) is 12.6 Å². The van der Waals surface area contributed by atoms with Crippen molar-refractivity contribution in [2.45, 2.75) is 441 Å². The fourth-order valence-corrected chi connectivity index (χ4v) is 13.6. The van der Waals surface area contributed by atoms with Gasteiger partial charge < -0.3 is 65.1 Å². The summed E-state index contributed by atoms with van der Waals surface area (Å²) in [6, 6.07) is -0.918. The molecule has 12 unspecified atom stereocenters. The Kier molecular flexibility index (Phi) is 64.0. The smallest absolute Gasteiger partial charge is 0.220 e. The number of ether oxygens (including phenoxy) is 4. The van der Waals surface area contributed by atoms with Gasteiger partial charge >= 0.3 is 0 Å². The third-order valence-corrected chi connectivity index (χ3v) is 20.1. The summed E-state index contributed by atoms with van der Waals surface area (Å²) in [5.41, 5.74) is 0. The average Bonchev–Trinajstić information content (AvgIpc) is 0.799. The summed E-state index contributed by atoms with van der Waals surface area (Å²) in [6.45, 7) is 2.74. The summed E-state index contributed by atoms with van der Waals surface area (Å²) in [5.74, 6) is -0.234. The van der Waals surface area contributed by atoms with E-state index in [2.05, 4.69) is 79.9 Å². The van der Waals surface area contributed by atoms with Crippen molar-refractivity contribution in [3.8, 4) is 0 Å². The van der Waals surface area contributed by atoms with Crippen molar-refractivity contribution in [2.75, 3.05) is 19.8 Å². The fourth-order valence-electron chi connectivity index (χ4n) is 13.6. The van der Waals surface area contributed by atoms with Crippen LogP contribution in [0.3, 0.4) is 0 Å². The summed E-state index contributed by atoms with van der Waals surface area (Å²) in [5, 5.41) is 87.8. The molecule has 9 N–H and O–H groups in total. The van der Waals surface area contributed by atoms with Gasteiger partial charge in [-0.2, -0.15) is 0 Å². The topological polar surface area (TPSA) is 228 Å². The van der Waals surface area contributed by atoms with Crippen molar-refractivity contribution >= 4 is 5.91 Å². The molecule has 578 valence electrons. The van der Waals surface area contributed by atoms with E-state index in [0.29, 0.717) is 6.42 Å². The first-order valence-electron chi connectivity index (χ1n) is 41.7. The number of carbonyl (C=O) groups is 1. The summed E-state index contributed by atoms with van der Waals surface area (Å²) >= 11 is 0. The number of rotatable bonds is 70. The number of nitrogens with one attached hydrogen (secondary N) is 1. The third-order valence-electron chi connectivity index (χ3n) is 20.1. The summed E-state index contributed by atoms with van der Waals surface area (Å²) in [4.78, 5) is 13.4. The van der Waals surface area contributed by atoms with Crippen molar-refractivity contribution in [1.82, 2.24) is 5.32 Å². The Bertz CT molecular complexity index is 1940. The van der Waals surface area contributed by atoms with Crippen LogP contribution in [0.25, 0.3) is 0 Å². The third kappa shape index (κ3) is 51.3. The van der Waals surface area contributed by atoms with Gasteiger partial charge in [0.2, 0.25) is 5.91 Å². The molecule has 2 aliphatic rings. The van der Waals surface area contributed by atoms with Crippen LogP contribution in [-0.4, -0.2) is 140 Å². The maximum Gasteiger partial charge on any atom is 0.220 e. The van der Waals surface area contributed by atoms with Gasteiger partial charge in [0.1, 0.15) is 48.8 Å². The van der Waals surface area contributed by atoms with Gasteiger partial charge in [0, 0.05) is 6.42 Å². The van der Waals surface area contributed by atoms with Crippen LogP contribution in [0.1, 0.15) is 367 Å². The molecule has 0 aromatic rings. The van der Waals surface area contributed by atoms with E-state index in [-0.39, 0.29) is 18.9 Å². The van der Waals surface area contributed by atoms with Crippen LogP contribution >= 0.6 is 0 Å². The van der Waals surface area contributed by atoms with Gasteiger partial charge in [0.05, 0.1) is 32.0 Å². The summed E-state index contributed by atoms with van der Waals surface area (Å²) in [7, 11) is 0. The number of aliphatic hydroxyl groups excluding tert-OH is 8. The van der Waals surface area contributed by atoms with Crippen LogP contribution in [0.5, 0.6) is 0 Å². The molecule has 2 saturated heterocycles. The van der Waals surface area contributed by atoms with E-state index >= 15 is 0 Å². The predicted octanol–water partition coefficient (Wildman–Crippen LogP) is 19.3. The molecule has 99 heavy (non-hydrogen) atoms. The van der Waals surface area contributed by atoms with E-state index in [1.165, 1.54) is 270 Å². The highest BCUT2D eigenvalue weighted by Crippen LogP contribution is 2.30. The van der Waals surface area contributed by atoms with Gasteiger partial charge in [0.25, 0.3) is 0 Å². The van der Waals surface area contributed by atoms with Crippen LogP contribution < -0.4 is 5.32 Å². The highest BCUT2D eigenvalue weighted by atomic mass is 16.7. The van der Waals surface area contributed by atoms with Gasteiger partial charge in [-0.25, -0.2) is 0 Å². The molecule has 12 atom stereocenters. The molecule has 2 heterocycles. The minimum Gasteiger partial charge on any atom is -0.394 e. The number of hydrogen-bond donors (Lipinski definition) is 9. The molecule has 2 aliphatic heterocycles. The molecular formula is C85H155NO13. The van der Waals surface area contributed by atoms with E-state index < -0.39 is 86.8 Å². The predicted molar refractivity (Wildman–Crippen MR) is 410 cm³/mol. The quantitative estimate of drug-likeness (QED) is 0.0204. The Hall–Kier alpha value is -2.57. The number of allylic oxidation sites excluding steroid dienone is 11. The zero-order valence-electron chi connectivity index (χ0n) is 63.5. The molecular weight excluding hydrogens is 1240 g/mol. The fraction of sp³-hybridized carbons (Fsp3) is 0.847. The Labute approximate surface area is 606 Å². The maximum absolute atomic E-state index is 13.4. The Morgan fingerprint density at radius 1 is 0.374 bits per heavy atom. The van der Waals surface area contributed by atoms with Gasteiger partial charge in [-0.3, -0.25) is 4.79 Å². The van der Waals surface area contributed by atoms with Crippen LogP contribution in [0.4, 0.5) is 0 Å². The van der Waals surface area contributed by atoms with Crippen LogP contribution in [0, 0.1) is 0 Å². The number of carbonyl (C=O) groups excluding carboxylic acids is 1. The molecule has 0 aromatic heterocycles. The number of aliphatic hydroxyl groups is 8. The van der Waals surface area contributed by atoms with E-state index in [0.717, 1.165) is 70.6 Å². The highest BCUT2D eigenvalue weighted by molar-refractivity contribution is 5.76. The lowest BCUT2D eigenvalue weighted by molar-refractivity contribution is -0.359. The van der Waals surface area contributed by atoms with Crippen LogP contribution in [0.2, 0.25) is 0 Å². The van der Waals surface area contributed by atoms with Gasteiger partial charge in [-0.05, 0) is 64.2 Å². The Morgan fingerprint density at radius 2 is 0.697 bits per heavy atom. The van der Waals surface area contributed by atoms with Crippen molar-refractivity contribution in [3.05, 3.63) is 72.9 Å². The van der Waals surface area contributed by atoms with Gasteiger partial charge in [-0.1, -0.05) is 369 Å². The minimum absolute atomic E-state index is 0.234. The lowest BCUT2D eigenvalue weighted by Gasteiger charge is -2.46. The number of hydrogen-bond acceptors (Lipinski definition) is 13. The summed E-state index contributed by atoms with van der Waals surface area (Å²) < 4.78 is 22.9. The average molecular weight is 1400 g/mol. The molecule has 0 spiro atoms. The second-order valence-electron chi connectivity index (χ2n) is 29.2. The zero-order valence-corrected chi connectivity index (χ0v) is 63.5. The summed E-state index contributed by atoms with van der Waals surface area (Å²) in [6.07, 6.45) is 78.5. The zero-order chi connectivity index (χ0) is 71.5. The largest absolute Gasteiger partial charge is 0.394 e. The molecule has 0 aromatic carbocycles. The monoisotopic (exact) mass is 1400 g/mol. The number of unbranched alkanes of at least 4 members (excludes halogenated alkanes) is 47. The lowest BCUT2D eigenvalue weighted by Crippen LogP contribution is -2.65. The van der Waals surface area contributed by atoms with Crippen molar-refractivity contribution < 1.29 is 64.6 Å². The molecule has 0 radical (unpaired) electrons. The molecule has 1 amide bonds. The molecule has 2 fully saturated rings. The molecule has 0 saturated carbocycles. The molecule has 14 nitrogen and oxygen atoms in total. The second-order valence-corrected chi connectivity index (χ2v) is 29.2. The van der Waals surface area contributed by atoms with Crippen molar-refractivity contribution in [2.24, 2.45) is 0 Å². The lowest BCUT2D eigenvalue weighted by atomic mass is 9.97. The molecule has 0 bridgehead atoms. The first-order chi connectivity index (χ1) is 48.6. The van der Waals surface area contributed by atoms with E-state index in [9.17, 15) is 45.6 Å². The van der Waals surface area contributed by atoms with E-state index in [1.807, 2.05) is 6.08 Å². The molecule has 2 rings (SSSR count). The SMILES string of the molecule is CC/C=C\C/C=C\C/C=C\C/C=C\C/C=C\CCCCCCCCCCCCCCCCCCCCCC(=O)NC(COC1OC(CO)C(OC2OC(CO)C(O)C(O)C2O)C(O)C1O)C(O)/C=C/CCCCCCCCCCCCCCCCCCCCCCCCCCCCCC. The van der Waals surface area contributed by atoms with Gasteiger partial charge in [-0.15, -0.1) is 0 Å². The van der Waals surface area contributed by atoms with Crippen molar-refractivity contribution in [3.63, 3.8) is 0 Å². The molecule has 14 heteroatoms. The maximum atomic E-state index is 13.4. The first kappa shape index (κ1) is 92.5. The number of amides is 1. The Morgan fingerprint density at radius 3 is 1.07 bits per heavy atom. The van der Waals surface area contributed by atoms with Crippen LogP contribution in [-0.2, 0) is 23.7 Å². The van der Waals surface area contributed by atoms with Crippen molar-refractivity contribution in [1.29, 1.82) is 0 Å².